The zero-order valence-electron chi connectivity index (χ0n) is 14.2. The number of alkyl halides is 3. The summed E-state index contributed by atoms with van der Waals surface area (Å²) in [5, 5.41) is 0. The molecule has 3 aromatic rings. The van der Waals surface area contributed by atoms with Crippen molar-refractivity contribution >= 4 is 0 Å². The number of aromatic nitrogens is 2. The molecule has 0 spiro atoms. The molecule has 27 heavy (non-hydrogen) atoms. The van der Waals surface area contributed by atoms with Crippen LogP contribution in [0.5, 0.6) is 0 Å². The van der Waals surface area contributed by atoms with Gasteiger partial charge in [-0.1, -0.05) is 0 Å². The second-order valence-electron chi connectivity index (χ2n) is 5.69. The number of hydrogen-bond acceptors (Lipinski definition) is 2. The average Bonchev–Trinajstić information content (AvgIpc) is 3.01. The van der Waals surface area contributed by atoms with Gasteiger partial charge >= 0.3 is 6.18 Å². The fourth-order valence-corrected chi connectivity index (χ4v) is 2.69. The Labute approximate surface area is 152 Å². The molecule has 0 fully saturated rings. The van der Waals surface area contributed by atoms with Gasteiger partial charge in [-0.3, -0.25) is 4.57 Å². The van der Waals surface area contributed by atoms with Gasteiger partial charge in [0.1, 0.15) is 18.4 Å². The van der Waals surface area contributed by atoms with Crippen LogP contribution in [0.15, 0.2) is 48.5 Å². The molecule has 0 saturated carbocycles. The Bertz CT molecular complexity index is 915. The summed E-state index contributed by atoms with van der Waals surface area (Å²) in [6.07, 6.45) is -4.73. The second-order valence-corrected chi connectivity index (χ2v) is 5.69. The minimum Gasteiger partial charge on any atom is -0.361 e. The first-order valence-corrected chi connectivity index (χ1v) is 8.08. The summed E-state index contributed by atoms with van der Waals surface area (Å²) in [6, 6.07) is 9.98. The lowest BCUT2D eigenvalue weighted by molar-refractivity contribution is -0.149. The van der Waals surface area contributed by atoms with Crippen molar-refractivity contribution in [2.75, 3.05) is 6.61 Å². The van der Waals surface area contributed by atoms with Gasteiger partial charge in [-0.15, -0.1) is 0 Å². The standard InChI is InChI=1S/C19H15F5N2O/c1-2-27-11-26-17(13-5-9-15(21)10-6-13)16(25-18(26)19(22,23)24)12-3-7-14(20)8-4-12/h3-10H,2,11H2,1H3. The summed E-state index contributed by atoms with van der Waals surface area (Å²) in [5.41, 5.74) is 0.755. The number of imidazole rings is 1. The lowest BCUT2D eigenvalue weighted by atomic mass is 10.0. The van der Waals surface area contributed by atoms with E-state index in [1.807, 2.05) is 0 Å². The van der Waals surface area contributed by atoms with E-state index in [-0.39, 0.29) is 24.7 Å². The van der Waals surface area contributed by atoms with Gasteiger partial charge in [0.15, 0.2) is 0 Å². The van der Waals surface area contributed by atoms with Gasteiger partial charge in [0.25, 0.3) is 0 Å². The van der Waals surface area contributed by atoms with E-state index in [0.717, 1.165) is 28.8 Å². The van der Waals surface area contributed by atoms with Gasteiger partial charge in [0.2, 0.25) is 5.82 Å². The fourth-order valence-electron chi connectivity index (χ4n) is 2.69. The Morgan fingerprint density at radius 2 is 1.41 bits per heavy atom. The number of benzene rings is 2. The summed E-state index contributed by atoms with van der Waals surface area (Å²) < 4.78 is 73.3. The summed E-state index contributed by atoms with van der Waals surface area (Å²) in [7, 11) is 0. The molecule has 8 heteroatoms. The van der Waals surface area contributed by atoms with Crippen molar-refractivity contribution < 1.29 is 26.7 Å². The van der Waals surface area contributed by atoms with Crippen LogP contribution in [0.25, 0.3) is 22.5 Å². The van der Waals surface area contributed by atoms with Crippen LogP contribution in [-0.2, 0) is 17.6 Å². The predicted molar refractivity (Wildman–Crippen MR) is 89.6 cm³/mol. The molecule has 0 unspecified atom stereocenters. The number of rotatable bonds is 5. The second kappa shape index (κ2) is 7.48. The van der Waals surface area contributed by atoms with Crippen LogP contribution in [0.1, 0.15) is 12.7 Å². The van der Waals surface area contributed by atoms with E-state index in [1.54, 1.807) is 6.92 Å². The van der Waals surface area contributed by atoms with Crippen LogP contribution < -0.4 is 0 Å². The maximum atomic E-state index is 13.6. The predicted octanol–water partition coefficient (Wildman–Crippen LogP) is 5.51. The van der Waals surface area contributed by atoms with Crippen LogP contribution in [0.2, 0.25) is 0 Å². The third kappa shape index (κ3) is 4.00. The van der Waals surface area contributed by atoms with Gasteiger partial charge in [-0.05, 0) is 55.5 Å². The molecule has 0 radical (unpaired) electrons. The van der Waals surface area contributed by atoms with E-state index < -0.39 is 23.6 Å². The summed E-state index contributed by atoms with van der Waals surface area (Å²) in [6.45, 7) is 1.47. The molecule has 0 saturated heterocycles. The molecule has 2 aromatic carbocycles. The van der Waals surface area contributed by atoms with Crippen molar-refractivity contribution in [2.45, 2.75) is 19.8 Å². The van der Waals surface area contributed by atoms with Crippen molar-refractivity contribution in [3.05, 3.63) is 66.0 Å². The minimum absolute atomic E-state index is 0.00800. The quantitative estimate of drug-likeness (QED) is 0.544. The highest BCUT2D eigenvalue weighted by molar-refractivity contribution is 5.79. The Hall–Kier alpha value is -2.74. The van der Waals surface area contributed by atoms with Crippen molar-refractivity contribution in [3.63, 3.8) is 0 Å². The average molecular weight is 382 g/mol. The number of nitrogens with zero attached hydrogens (tertiary/aromatic N) is 2. The van der Waals surface area contributed by atoms with Crippen LogP contribution in [0, 0.1) is 11.6 Å². The molecule has 0 aliphatic rings. The normalized spacial score (nSPS) is 11.8. The lowest BCUT2D eigenvalue weighted by Crippen LogP contribution is -2.17. The van der Waals surface area contributed by atoms with E-state index in [2.05, 4.69) is 4.98 Å². The van der Waals surface area contributed by atoms with Crippen molar-refractivity contribution in [1.82, 2.24) is 9.55 Å². The molecule has 0 amide bonds. The maximum Gasteiger partial charge on any atom is 0.449 e. The smallest absolute Gasteiger partial charge is 0.361 e. The van der Waals surface area contributed by atoms with Gasteiger partial charge < -0.3 is 4.74 Å². The van der Waals surface area contributed by atoms with E-state index in [4.69, 9.17) is 4.74 Å². The molecule has 3 nitrogen and oxygen atoms in total. The Balaban J connectivity index is 2.28. The highest BCUT2D eigenvalue weighted by Gasteiger charge is 2.39. The van der Waals surface area contributed by atoms with E-state index in [9.17, 15) is 22.0 Å². The Kier molecular flexibility index (Phi) is 5.27. The molecule has 0 bridgehead atoms. The highest BCUT2D eigenvalue weighted by Crippen LogP contribution is 2.38. The van der Waals surface area contributed by atoms with Crippen molar-refractivity contribution in [3.8, 4) is 22.5 Å². The van der Waals surface area contributed by atoms with Crippen LogP contribution >= 0.6 is 0 Å². The first-order valence-electron chi connectivity index (χ1n) is 8.08. The molecular weight excluding hydrogens is 367 g/mol. The molecular formula is C19H15F5N2O. The van der Waals surface area contributed by atoms with Crippen molar-refractivity contribution in [1.29, 1.82) is 0 Å². The molecule has 142 valence electrons. The van der Waals surface area contributed by atoms with Gasteiger partial charge in [-0.25, -0.2) is 13.8 Å². The zero-order valence-corrected chi connectivity index (χ0v) is 14.2. The van der Waals surface area contributed by atoms with E-state index in [1.165, 1.54) is 24.3 Å². The number of halogens is 5. The molecule has 0 atom stereocenters. The molecule has 3 rings (SSSR count). The number of hydrogen-bond donors (Lipinski definition) is 0. The summed E-state index contributed by atoms with van der Waals surface area (Å²) in [4.78, 5) is 3.77. The summed E-state index contributed by atoms with van der Waals surface area (Å²) in [5.74, 6) is -2.18. The molecule has 1 aromatic heterocycles. The lowest BCUT2D eigenvalue weighted by Gasteiger charge is -2.14. The monoisotopic (exact) mass is 382 g/mol. The molecule has 1 heterocycles. The summed E-state index contributed by atoms with van der Waals surface area (Å²) >= 11 is 0. The van der Waals surface area contributed by atoms with E-state index in [0.29, 0.717) is 11.1 Å². The van der Waals surface area contributed by atoms with Gasteiger partial charge in [0.05, 0.1) is 11.4 Å². The minimum atomic E-state index is -4.73. The third-order valence-electron chi connectivity index (χ3n) is 3.88. The SMILES string of the molecule is CCOCn1c(C(F)(F)F)nc(-c2ccc(F)cc2)c1-c1ccc(F)cc1. The van der Waals surface area contributed by atoms with Crippen LogP contribution in [-0.4, -0.2) is 16.2 Å². The maximum absolute atomic E-state index is 13.6. The zero-order chi connectivity index (χ0) is 19.6. The highest BCUT2D eigenvalue weighted by atomic mass is 19.4. The first kappa shape index (κ1) is 19.0. The van der Waals surface area contributed by atoms with Gasteiger partial charge in [0, 0.05) is 17.7 Å². The Morgan fingerprint density at radius 3 is 1.89 bits per heavy atom. The largest absolute Gasteiger partial charge is 0.449 e. The molecule has 0 N–H and O–H groups in total. The van der Waals surface area contributed by atoms with Crippen LogP contribution in [0.4, 0.5) is 22.0 Å². The molecule has 0 aliphatic heterocycles. The molecule has 0 aliphatic carbocycles. The van der Waals surface area contributed by atoms with Gasteiger partial charge in [-0.2, -0.15) is 13.2 Å². The van der Waals surface area contributed by atoms with Crippen molar-refractivity contribution in [2.24, 2.45) is 0 Å². The number of ether oxygens (including phenoxy) is 1. The topological polar surface area (TPSA) is 27.1 Å². The fraction of sp³-hybridized carbons (Fsp3) is 0.211. The first-order chi connectivity index (χ1) is 12.8. The van der Waals surface area contributed by atoms with Crippen LogP contribution in [0.3, 0.4) is 0 Å². The third-order valence-corrected chi connectivity index (χ3v) is 3.88. The Morgan fingerprint density at radius 1 is 0.889 bits per heavy atom. The van der Waals surface area contributed by atoms with E-state index >= 15 is 0 Å².